The molecule has 2 fully saturated rings. The van der Waals surface area contributed by atoms with Crippen LogP contribution in [0.3, 0.4) is 0 Å². The topological polar surface area (TPSA) is 32.8 Å². The lowest BCUT2D eigenvalue weighted by Crippen LogP contribution is -2.49. The van der Waals surface area contributed by atoms with Crippen LogP contribution in [0, 0.1) is 5.92 Å². The second-order valence-corrected chi connectivity index (χ2v) is 8.10. The summed E-state index contributed by atoms with van der Waals surface area (Å²) in [5.41, 5.74) is 1.22. The number of halogens is 4. The van der Waals surface area contributed by atoms with Crippen LogP contribution < -0.4 is 0 Å². The molecule has 4 nitrogen and oxygen atoms in total. The van der Waals surface area contributed by atoms with Crippen molar-refractivity contribution in [2.24, 2.45) is 5.92 Å². The molecule has 0 bridgehead atoms. The van der Waals surface area contributed by atoms with E-state index in [1.807, 2.05) is 17.0 Å². The van der Waals surface area contributed by atoms with E-state index in [9.17, 15) is 18.0 Å². The van der Waals surface area contributed by atoms with Crippen molar-refractivity contribution in [3.05, 3.63) is 34.3 Å². The fourth-order valence-electron chi connectivity index (χ4n) is 3.55. The first kappa shape index (κ1) is 20.6. The summed E-state index contributed by atoms with van der Waals surface area (Å²) in [4.78, 5) is 16.8. The van der Waals surface area contributed by atoms with Crippen molar-refractivity contribution in [1.82, 2.24) is 9.80 Å². The van der Waals surface area contributed by atoms with Gasteiger partial charge in [-0.25, -0.2) is 0 Å². The van der Waals surface area contributed by atoms with E-state index in [4.69, 9.17) is 0 Å². The summed E-state index contributed by atoms with van der Waals surface area (Å²) in [6.07, 6.45) is -2.78. The first-order valence-corrected chi connectivity index (χ1v) is 10.0. The van der Waals surface area contributed by atoms with E-state index in [0.29, 0.717) is 32.0 Å². The Morgan fingerprint density at radius 2 is 1.81 bits per heavy atom. The minimum absolute atomic E-state index is 0.0912. The van der Waals surface area contributed by atoms with Gasteiger partial charge >= 0.3 is 6.18 Å². The Hall–Kier alpha value is -1.12. The van der Waals surface area contributed by atoms with E-state index < -0.39 is 12.8 Å². The van der Waals surface area contributed by atoms with Crippen LogP contribution in [0.2, 0.25) is 0 Å². The summed E-state index contributed by atoms with van der Waals surface area (Å²) in [5, 5.41) is 0. The first-order chi connectivity index (χ1) is 12.8. The molecule has 2 aliphatic rings. The number of nitrogens with zero attached hydrogens (tertiary/aromatic N) is 2. The molecule has 2 unspecified atom stereocenters. The minimum Gasteiger partial charge on any atom is -0.372 e. The molecule has 1 aliphatic carbocycles. The average molecular weight is 449 g/mol. The van der Waals surface area contributed by atoms with Crippen molar-refractivity contribution in [2.75, 3.05) is 45.9 Å². The highest BCUT2D eigenvalue weighted by Crippen LogP contribution is 2.48. The van der Waals surface area contributed by atoms with E-state index in [1.54, 1.807) is 0 Å². The van der Waals surface area contributed by atoms with Gasteiger partial charge in [-0.2, -0.15) is 13.2 Å². The van der Waals surface area contributed by atoms with E-state index in [0.717, 1.165) is 24.0 Å². The Morgan fingerprint density at radius 3 is 2.44 bits per heavy atom. The monoisotopic (exact) mass is 448 g/mol. The number of amides is 1. The molecule has 3 rings (SSSR count). The number of alkyl halides is 3. The van der Waals surface area contributed by atoms with Gasteiger partial charge in [-0.15, -0.1) is 0 Å². The molecule has 1 aliphatic heterocycles. The Kier molecular flexibility index (Phi) is 6.81. The Morgan fingerprint density at radius 1 is 1.15 bits per heavy atom. The van der Waals surface area contributed by atoms with Crippen molar-refractivity contribution in [3.63, 3.8) is 0 Å². The van der Waals surface area contributed by atoms with Crippen LogP contribution in [0.15, 0.2) is 28.7 Å². The lowest BCUT2D eigenvalue weighted by Gasteiger charge is -2.35. The highest BCUT2D eigenvalue weighted by atomic mass is 79.9. The number of benzene rings is 1. The summed E-state index contributed by atoms with van der Waals surface area (Å²) in [5.74, 6) is 0.652. The molecule has 27 heavy (non-hydrogen) atoms. The van der Waals surface area contributed by atoms with Crippen LogP contribution in [0.4, 0.5) is 13.2 Å². The molecule has 8 heteroatoms. The summed E-state index contributed by atoms with van der Waals surface area (Å²) < 4.78 is 41.7. The lowest BCUT2D eigenvalue weighted by atomic mass is 10.1. The molecule has 1 saturated carbocycles. The lowest BCUT2D eigenvalue weighted by molar-refractivity contribution is -0.174. The maximum Gasteiger partial charge on any atom is 0.411 e. The van der Waals surface area contributed by atoms with Gasteiger partial charge in [-0.05, 0) is 36.5 Å². The SMILES string of the molecule is O=C(C1CC1c1ccc(Br)cc1)N1CCN(CCCOCC(F)(F)F)CC1. The molecule has 1 aromatic rings. The third-order valence-electron chi connectivity index (χ3n) is 5.12. The maximum atomic E-state index is 12.7. The fraction of sp³-hybridized carbons (Fsp3) is 0.632. The molecule has 0 radical (unpaired) electrons. The molecule has 2 atom stereocenters. The summed E-state index contributed by atoms with van der Waals surface area (Å²) in [7, 11) is 0. The number of carbonyl (C=O) groups excluding carboxylic acids is 1. The van der Waals surface area contributed by atoms with Gasteiger partial charge in [0, 0.05) is 49.7 Å². The number of hydrogen-bond acceptors (Lipinski definition) is 3. The van der Waals surface area contributed by atoms with Gasteiger partial charge in [-0.3, -0.25) is 9.69 Å². The average Bonchev–Trinajstić information content (AvgIpc) is 3.42. The van der Waals surface area contributed by atoms with Crippen LogP contribution in [-0.4, -0.2) is 67.8 Å². The van der Waals surface area contributed by atoms with Gasteiger partial charge in [0.2, 0.25) is 5.91 Å². The predicted octanol–water partition coefficient (Wildman–Crippen LogP) is 3.67. The number of rotatable bonds is 7. The molecular weight excluding hydrogens is 425 g/mol. The third kappa shape index (κ3) is 6.19. The van der Waals surface area contributed by atoms with Gasteiger partial charge in [0.1, 0.15) is 6.61 Å². The van der Waals surface area contributed by atoms with Gasteiger partial charge in [0.15, 0.2) is 0 Å². The van der Waals surface area contributed by atoms with E-state index in [1.165, 1.54) is 5.56 Å². The fourth-order valence-corrected chi connectivity index (χ4v) is 3.82. The Balaban J connectivity index is 1.33. The second kappa shape index (κ2) is 8.92. The maximum absolute atomic E-state index is 12.7. The van der Waals surface area contributed by atoms with Crippen LogP contribution in [-0.2, 0) is 9.53 Å². The van der Waals surface area contributed by atoms with Gasteiger partial charge < -0.3 is 9.64 Å². The normalized spacial score (nSPS) is 23.5. The number of hydrogen-bond donors (Lipinski definition) is 0. The van der Waals surface area contributed by atoms with Crippen LogP contribution in [0.1, 0.15) is 24.3 Å². The number of carbonyl (C=O) groups is 1. The van der Waals surface area contributed by atoms with E-state index >= 15 is 0 Å². The highest BCUT2D eigenvalue weighted by Gasteiger charge is 2.46. The molecule has 0 spiro atoms. The van der Waals surface area contributed by atoms with Crippen molar-refractivity contribution in [1.29, 1.82) is 0 Å². The molecule has 1 saturated heterocycles. The number of piperazine rings is 1. The van der Waals surface area contributed by atoms with Gasteiger partial charge in [-0.1, -0.05) is 28.1 Å². The van der Waals surface area contributed by atoms with E-state index in [-0.39, 0.29) is 18.4 Å². The molecule has 0 N–H and O–H groups in total. The van der Waals surface area contributed by atoms with Crippen molar-refractivity contribution in [3.8, 4) is 0 Å². The zero-order valence-corrected chi connectivity index (χ0v) is 16.6. The third-order valence-corrected chi connectivity index (χ3v) is 5.65. The van der Waals surface area contributed by atoms with Crippen LogP contribution in [0.25, 0.3) is 0 Å². The van der Waals surface area contributed by atoms with E-state index in [2.05, 4.69) is 37.7 Å². The molecule has 150 valence electrons. The quantitative estimate of drug-likeness (QED) is 0.596. The van der Waals surface area contributed by atoms with Crippen molar-refractivity contribution >= 4 is 21.8 Å². The molecule has 1 heterocycles. The summed E-state index contributed by atoms with van der Waals surface area (Å²) >= 11 is 3.42. The minimum atomic E-state index is -4.26. The van der Waals surface area contributed by atoms with Gasteiger partial charge in [0.25, 0.3) is 0 Å². The highest BCUT2D eigenvalue weighted by molar-refractivity contribution is 9.10. The van der Waals surface area contributed by atoms with Crippen LogP contribution in [0.5, 0.6) is 0 Å². The largest absolute Gasteiger partial charge is 0.411 e. The smallest absolute Gasteiger partial charge is 0.372 e. The second-order valence-electron chi connectivity index (χ2n) is 7.19. The molecular formula is C19H24BrF3N2O2. The van der Waals surface area contributed by atoms with Gasteiger partial charge in [0.05, 0.1) is 0 Å². The zero-order valence-electron chi connectivity index (χ0n) is 15.1. The van der Waals surface area contributed by atoms with Crippen molar-refractivity contribution in [2.45, 2.75) is 24.9 Å². The molecule has 1 aromatic carbocycles. The van der Waals surface area contributed by atoms with Crippen molar-refractivity contribution < 1.29 is 22.7 Å². The first-order valence-electron chi connectivity index (χ1n) is 9.24. The predicted molar refractivity (Wildman–Crippen MR) is 99.5 cm³/mol. The molecule has 1 amide bonds. The summed E-state index contributed by atoms with van der Waals surface area (Å²) in [6.45, 7) is 2.52. The standard InChI is InChI=1S/C19H24BrF3N2O2/c20-15-4-2-14(3-5-15)16-12-17(16)18(26)25-9-7-24(8-10-25)6-1-11-27-13-19(21,22)23/h2-5,16-17H,1,6-13H2. The summed E-state index contributed by atoms with van der Waals surface area (Å²) in [6, 6.07) is 8.15. The molecule has 0 aromatic heterocycles. The Bertz CT molecular complexity index is 631. The van der Waals surface area contributed by atoms with Crippen LogP contribution >= 0.6 is 15.9 Å². The number of ether oxygens (including phenoxy) is 1. The Labute approximate surface area is 165 Å². The zero-order chi connectivity index (χ0) is 19.4.